The predicted molar refractivity (Wildman–Crippen MR) is 186 cm³/mol. The van der Waals surface area contributed by atoms with Crippen LogP contribution in [-0.2, 0) is 6.42 Å². The smallest absolute Gasteiger partial charge is 0.114 e. The fraction of sp³-hybridized carbons (Fsp3) is 0.0488. The van der Waals surface area contributed by atoms with Gasteiger partial charge in [0.2, 0.25) is 0 Å². The molecule has 9 rings (SSSR count). The third-order valence-electron chi connectivity index (χ3n) is 8.93. The molecule has 1 aromatic heterocycles. The second-order valence-electron chi connectivity index (χ2n) is 11.4. The van der Waals surface area contributed by atoms with Crippen LogP contribution in [0.25, 0.3) is 71.6 Å². The lowest BCUT2D eigenvalue weighted by Gasteiger charge is -2.24. The van der Waals surface area contributed by atoms with Crippen LogP contribution in [-0.4, -0.2) is 9.55 Å². The van der Waals surface area contributed by atoms with Gasteiger partial charge in [0.15, 0.2) is 0 Å². The van der Waals surface area contributed by atoms with E-state index in [4.69, 9.17) is 4.98 Å². The average molecular weight is 581 g/mol. The van der Waals surface area contributed by atoms with Gasteiger partial charge >= 0.3 is 0 Å². The number of aromatic nitrogens is 2. The summed E-state index contributed by atoms with van der Waals surface area (Å²) in [7, 11) is 0. The molecule has 0 radical (unpaired) electrons. The molecule has 44 heavy (non-hydrogen) atoms. The fourth-order valence-corrected chi connectivity index (χ4v) is 8.19. The second kappa shape index (κ2) is 9.97. The van der Waals surface area contributed by atoms with Crippen molar-refractivity contribution in [1.82, 2.24) is 9.55 Å². The lowest BCUT2D eigenvalue weighted by molar-refractivity contribution is 0.889. The van der Waals surface area contributed by atoms with Gasteiger partial charge in [-0.2, -0.15) is 0 Å². The van der Waals surface area contributed by atoms with E-state index >= 15 is 0 Å². The minimum Gasteiger partial charge on any atom is -0.293 e. The van der Waals surface area contributed by atoms with E-state index in [0.717, 1.165) is 17.8 Å². The third kappa shape index (κ3) is 3.73. The van der Waals surface area contributed by atoms with Crippen molar-refractivity contribution in [2.75, 3.05) is 0 Å². The van der Waals surface area contributed by atoms with Gasteiger partial charge in [0.1, 0.15) is 5.82 Å². The number of imidazole rings is 1. The normalized spacial score (nSPS) is 12.2. The number of para-hydroxylation sites is 2. The van der Waals surface area contributed by atoms with Crippen LogP contribution in [0.2, 0.25) is 0 Å². The van der Waals surface area contributed by atoms with Crippen LogP contribution in [0.3, 0.4) is 0 Å². The first kappa shape index (κ1) is 25.4. The van der Waals surface area contributed by atoms with Crippen LogP contribution in [0.4, 0.5) is 0 Å². The van der Waals surface area contributed by atoms with Crippen LogP contribution in [0.5, 0.6) is 0 Å². The average Bonchev–Trinajstić information content (AvgIpc) is 3.47. The van der Waals surface area contributed by atoms with Crippen LogP contribution in [0.15, 0.2) is 149 Å². The summed E-state index contributed by atoms with van der Waals surface area (Å²) < 4.78 is 2.42. The van der Waals surface area contributed by atoms with Gasteiger partial charge in [-0.1, -0.05) is 134 Å². The maximum Gasteiger partial charge on any atom is 0.114 e. The van der Waals surface area contributed by atoms with Gasteiger partial charge in [0.25, 0.3) is 0 Å². The number of nitrogens with zero attached hydrogens (tertiary/aromatic N) is 2. The summed E-state index contributed by atoms with van der Waals surface area (Å²) in [4.78, 5) is 7.60. The molecule has 1 aliphatic heterocycles. The van der Waals surface area contributed by atoms with Gasteiger partial charge in [0.05, 0.1) is 16.7 Å². The Morgan fingerprint density at radius 3 is 1.86 bits per heavy atom. The summed E-state index contributed by atoms with van der Waals surface area (Å²) in [5.74, 6) is 1.10. The summed E-state index contributed by atoms with van der Waals surface area (Å²) in [6.45, 7) is 2.20. The maximum atomic E-state index is 5.07. The Morgan fingerprint density at radius 1 is 0.545 bits per heavy atom. The quantitative estimate of drug-likeness (QED) is 0.193. The van der Waals surface area contributed by atoms with Crippen molar-refractivity contribution in [2.45, 2.75) is 23.1 Å². The Labute approximate surface area is 260 Å². The van der Waals surface area contributed by atoms with Crippen LogP contribution in [0.1, 0.15) is 12.7 Å². The monoisotopic (exact) mass is 580 g/mol. The molecular weight excluding hydrogens is 553 g/mol. The van der Waals surface area contributed by atoms with Crippen molar-refractivity contribution in [2.24, 2.45) is 0 Å². The molecule has 0 fully saturated rings. The molecule has 0 amide bonds. The highest BCUT2D eigenvalue weighted by Gasteiger charge is 2.26. The molecule has 0 N–H and O–H groups in total. The van der Waals surface area contributed by atoms with Crippen molar-refractivity contribution < 1.29 is 0 Å². The minimum atomic E-state index is 0.870. The molecule has 1 aliphatic rings. The van der Waals surface area contributed by atoms with Gasteiger partial charge in [-0.25, -0.2) is 4.98 Å². The first-order valence-corrected chi connectivity index (χ1v) is 16.0. The van der Waals surface area contributed by atoms with E-state index in [1.807, 2.05) is 11.8 Å². The van der Waals surface area contributed by atoms with Crippen molar-refractivity contribution >= 4 is 44.3 Å². The number of aryl methyl sites for hydroxylation is 1. The SMILES string of the molecule is CCc1nc2cccc3c2n1-c1c(cccc1-c1ccc2c(-c4ccccc4)c4ccccc4c(-c4ccccc4)c2c1)S3. The summed E-state index contributed by atoms with van der Waals surface area (Å²) >= 11 is 1.85. The minimum absolute atomic E-state index is 0.870. The molecule has 7 aromatic carbocycles. The zero-order chi connectivity index (χ0) is 29.2. The summed E-state index contributed by atoms with van der Waals surface area (Å²) in [5.41, 5.74) is 11.0. The highest BCUT2D eigenvalue weighted by Crippen LogP contribution is 2.49. The molecule has 0 saturated carbocycles. The Kier molecular flexibility index (Phi) is 5.75. The Balaban J connectivity index is 1.39. The first-order valence-electron chi connectivity index (χ1n) is 15.2. The molecular formula is C41H28N2S. The van der Waals surface area contributed by atoms with E-state index in [1.165, 1.54) is 75.9 Å². The molecule has 208 valence electrons. The number of fused-ring (bicyclic) bond motifs is 4. The molecule has 0 saturated heterocycles. The highest BCUT2D eigenvalue weighted by molar-refractivity contribution is 7.99. The van der Waals surface area contributed by atoms with Gasteiger partial charge < -0.3 is 0 Å². The van der Waals surface area contributed by atoms with E-state index in [2.05, 4.69) is 151 Å². The molecule has 8 aromatic rings. The third-order valence-corrected chi connectivity index (χ3v) is 10.0. The van der Waals surface area contributed by atoms with E-state index in [0.29, 0.717) is 0 Å². The van der Waals surface area contributed by atoms with Crippen LogP contribution in [0, 0.1) is 0 Å². The number of hydrogen-bond donors (Lipinski definition) is 0. The lowest BCUT2D eigenvalue weighted by atomic mass is 9.85. The van der Waals surface area contributed by atoms with E-state index in [1.54, 1.807) is 0 Å². The molecule has 2 nitrogen and oxygen atoms in total. The first-order chi connectivity index (χ1) is 21.8. The van der Waals surface area contributed by atoms with Crippen molar-refractivity contribution in [1.29, 1.82) is 0 Å². The van der Waals surface area contributed by atoms with E-state index < -0.39 is 0 Å². The molecule has 0 aliphatic carbocycles. The van der Waals surface area contributed by atoms with Crippen molar-refractivity contribution in [3.63, 3.8) is 0 Å². The molecule has 0 atom stereocenters. The van der Waals surface area contributed by atoms with Crippen molar-refractivity contribution in [3.05, 3.63) is 145 Å². The standard InChI is InChI=1S/C41H28N2S/c1-2-37-42-34-20-12-22-36-41(34)43(37)40-29(19-11-21-35(40)44-36)28-23-24-32-33(25-28)39(27-15-7-4-8-16-27)31-18-10-9-17-30(31)38(32)26-13-5-3-6-14-26/h3-25H,2H2,1H3. The fourth-order valence-electron chi connectivity index (χ4n) is 7.07. The van der Waals surface area contributed by atoms with Gasteiger partial charge in [-0.05, 0) is 73.6 Å². The summed E-state index contributed by atoms with van der Waals surface area (Å²) in [5, 5.41) is 5.07. The predicted octanol–water partition coefficient (Wildman–Crippen LogP) is 11.4. The molecule has 3 heteroatoms. The zero-order valence-corrected chi connectivity index (χ0v) is 25.1. The van der Waals surface area contributed by atoms with Gasteiger partial charge in [0, 0.05) is 21.8 Å². The van der Waals surface area contributed by atoms with E-state index in [-0.39, 0.29) is 0 Å². The molecule has 2 heterocycles. The Morgan fingerprint density at radius 2 is 1.16 bits per heavy atom. The zero-order valence-electron chi connectivity index (χ0n) is 24.3. The highest BCUT2D eigenvalue weighted by atomic mass is 32.2. The number of benzene rings is 7. The summed E-state index contributed by atoms with van der Waals surface area (Å²) in [6.07, 6.45) is 0.870. The number of rotatable bonds is 4. The van der Waals surface area contributed by atoms with Gasteiger partial charge in [-0.15, -0.1) is 0 Å². The summed E-state index contributed by atoms with van der Waals surface area (Å²) in [6, 6.07) is 50.9. The Hall–Kier alpha value is -5.12. The topological polar surface area (TPSA) is 17.8 Å². The van der Waals surface area contributed by atoms with Crippen molar-refractivity contribution in [3.8, 4) is 39.1 Å². The number of hydrogen-bond acceptors (Lipinski definition) is 2. The molecule has 0 unspecified atom stereocenters. The maximum absolute atomic E-state index is 5.07. The van der Waals surface area contributed by atoms with Gasteiger partial charge in [-0.3, -0.25) is 4.57 Å². The molecule has 0 spiro atoms. The second-order valence-corrected chi connectivity index (χ2v) is 12.5. The van der Waals surface area contributed by atoms with Crippen LogP contribution < -0.4 is 0 Å². The largest absolute Gasteiger partial charge is 0.293 e. The lowest BCUT2D eigenvalue weighted by Crippen LogP contribution is -2.07. The Bertz CT molecular complexity index is 2390. The molecule has 0 bridgehead atoms. The van der Waals surface area contributed by atoms with Crippen LogP contribution >= 0.6 is 11.8 Å². The van der Waals surface area contributed by atoms with E-state index in [9.17, 15) is 0 Å².